The van der Waals surface area contributed by atoms with Gasteiger partial charge < -0.3 is 10.1 Å². The van der Waals surface area contributed by atoms with E-state index in [1.807, 2.05) is 0 Å². The maximum absolute atomic E-state index is 13.4. The number of rotatable bonds is 6. The Labute approximate surface area is 142 Å². The molecule has 6 nitrogen and oxygen atoms in total. The highest BCUT2D eigenvalue weighted by atomic mass is 35.5. The Kier molecular flexibility index (Phi) is 5.70. The zero-order valence-corrected chi connectivity index (χ0v) is 13.5. The van der Waals surface area contributed by atoms with Crippen LogP contribution in [0.3, 0.4) is 0 Å². The third kappa shape index (κ3) is 4.66. The number of carbonyl (C=O) groups excluding carboxylic acids is 1. The highest BCUT2D eigenvalue weighted by Gasteiger charge is 2.16. The molecule has 0 spiro atoms. The fourth-order valence-corrected chi connectivity index (χ4v) is 2.06. The molecule has 0 aromatic heterocycles. The van der Waals surface area contributed by atoms with Gasteiger partial charge in [0.15, 0.2) is 12.4 Å². The van der Waals surface area contributed by atoms with Gasteiger partial charge in [-0.05, 0) is 36.2 Å². The third-order valence-corrected chi connectivity index (χ3v) is 3.44. The maximum Gasteiger partial charge on any atom is 0.312 e. The Bertz CT molecular complexity index is 783. The van der Waals surface area contributed by atoms with Gasteiger partial charge >= 0.3 is 5.69 Å². The highest BCUT2D eigenvalue weighted by molar-refractivity contribution is 6.30. The number of aryl methyl sites for hydroxylation is 1. The fraction of sp³-hybridized carbons (Fsp3) is 0.188. The van der Waals surface area contributed by atoms with Gasteiger partial charge in [-0.15, -0.1) is 0 Å². The van der Waals surface area contributed by atoms with Gasteiger partial charge in [0.1, 0.15) is 5.82 Å². The van der Waals surface area contributed by atoms with Crippen LogP contribution in [0.2, 0.25) is 5.02 Å². The number of hydrogen-bond acceptors (Lipinski definition) is 4. The smallest absolute Gasteiger partial charge is 0.312 e. The van der Waals surface area contributed by atoms with Crippen LogP contribution in [0.25, 0.3) is 0 Å². The fourth-order valence-electron chi connectivity index (χ4n) is 1.90. The van der Waals surface area contributed by atoms with Gasteiger partial charge in [-0.25, -0.2) is 4.39 Å². The summed E-state index contributed by atoms with van der Waals surface area (Å²) in [5.41, 5.74) is 0.795. The van der Waals surface area contributed by atoms with Crippen LogP contribution < -0.4 is 10.1 Å². The van der Waals surface area contributed by atoms with Crippen molar-refractivity contribution in [1.29, 1.82) is 0 Å². The molecule has 0 aliphatic heterocycles. The summed E-state index contributed by atoms with van der Waals surface area (Å²) in [6, 6.07) is 8.54. The number of nitrogens with zero attached hydrogens (tertiary/aromatic N) is 1. The van der Waals surface area contributed by atoms with Crippen LogP contribution in [0.1, 0.15) is 11.1 Å². The van der Waals surface area contributed by atoms with Crippen molar-refractivity contribution in [3.63, 3.8) is 0 Å². The molecule has 0 unspecified atom stereocenters. The lowest BCUT2D eigenvalue weighted by Gasteiger charge is -2.08. The molecule has 0 bridgehead atoms. The SMILES string of the molecule is Cc1ccc(CNC(=O)COc2ccc(Cl)cc2[N+](=O)[O-])cc1F. The number of nitro groups is 1. The number of halogens is 2. The van der Waals surface area contributed by atoms with Crippen molar-refractivity contribution in [2.24, 2.45) is 0 Å². The Morgan fingerprint density at radius 2 is 2.08 bits per heavy atom. The van der Waals surface area contributed by atoms with Gasteiger partial charge in [-0.3, -0.25) is 14.9 Å². The average molecular weight is 353 g/mol. The van der Waals surface area contributed by atoms with Crippen LogP contribution in [0.5, 0.6) is 5.75 Å². The molecule has 0 aliphatic carbocycles. The predicted molar refractivity (Wildman–Crippen MR) is 86.6 cm³/mol. The lowest BCUT2D eigenvalue weighted by molar-refractivity contribution is -0.385. The molecular formula is C16H14ClFN2O4. The maximum atomic E-state index is 13.4. The molecule has 126 valence electrons. The number of nitro benzene ring substituents is 1. The second kappa shape index (κ2) is 7.74. The zero-order chi connectivity index (χ0) is 17.7. The van der Waals surface area contributed by atoms with Crippen molar-refractivity contribution >= 4 is 23.2 Å². The summed E-state index contributed by atoms with van der Waals surface area (Å²) in [6.45, 7) is 1.36. The summed E-state index contributed by atoms with van der Waals surface area (Å²) in [7, 11) is 0. The molecule has 0 heterocycles. The van der Waals surface area contributed by atoms with Crippen LogP contribution in [0, 0.1) is 22.9 Å². The Morgan fingerprint density at radius 3 is 2.75 bits per heavy atom. The zero-order valence-electron chi connectivity index (χ0n) is 12.7. The third-order valence-electron chi connectivity index (χ3n) is 3.20. The van der Waals surface area contributed by atoms with E-state index in [9.17, 15) is 19.3 Å². The Hall–Kier alpha value is -2.67. The molecule has 0 fully saturated rings. The molecule has 1 N–H and O–H groups in total. The van der Waals surface area contributed by atoms with Crippen molar-refractivity contribution in [3.05, 3.63) is 68.5 Å². The van der Waals surface area contributed by atoms with Gasteiger partial charge in [0, 0.05) is 17.6 Å². The molecular weight excluding hydrogens is 339 g/mol. The Morgan fingerprint density at radius 1 is 1.33 bits per heavy atom. The molecule has 0 aliphatic rings. The largest absolute Gasteiger partial charge is 0.477 e. The molecule has 24 heavy (non-hydrogen) atoms. The van der Waals surface area contributed by atoms with Crippen LogP contribution in [0.15, 0.2) is 36.4 Å². The van der Waals surface area contributed by atoms with E-state index in [0.29, 0.717) is 11.1 Å². The first kappa shape index (κ1) is 17.7. The second-order valence-corrected chi connectivity index (χ2v) is 5.45. The van der Waals surface area contributed by atoms with Crippen LogP contribution >= 0.6 is 11.6 Å². The summed E-state index contributed by atoms with van der Waals surface area (Å²) in [4.78, 5) is 22.0. The van der Waals surface area contributed by atoms with E-state index < -0.39 is 17.4 Å². The number of nitrogens with one attached hydrogen (secondary N) is 1. The van der Waals surface area contributed by atoms with E-state index in [-0.39, 0.29) is 28.8 Å². The highest BCUT2D eigenvalue weighted by Crippen LogP contribution is 2.29. The monoisotopic (exact) mass is 352 g/mol. The van der Waals surface area contributed by atoms with Crippen molar-refractivity contribution in [3.8, 4) is 5.75 Å². The van der Waals surface area contributed by atoms with Gasteiger partial charge in [0.25, 0.3) is 5.91 Å². The van der Waals surface area contributed by atoms with E-state index in [2.05, 4.69) is 5.32 Å². The second-order valence-electron chi connectivity index (χ2n) is 5.02. The van der Waals surface area contributed by atoms with Gasteiger partial charge in [0.2, 0.25) is 0 Å². The van der Waals surface area contributed by atoms with Crippen LogP contribution in [-0.2, 0) is 11.3 Å². The van der Waals surface area contributed by atoms with E-state index in [1.165, 1.54) is 18.2 Å². The summed E-state index contributed by atoms with van der Waals surface area (Å²) < 4.78 is 18.6. The molecule has 8 heteroatoms. The molecule has 1 amide bonds. The Balaban J connectivity index is 1.91. The van der Waals surface area contributed by atoms with Gasteiger partial charge in [-0.1, -0.05) is 23.7 Å². The number of benzene rings is 2. The normalized spacial score (nSPS) is 10.3. The van der Waals surface area contributed by atoms with Gasteiger partial charge in [0.05, 0.1) is 4.92 Å². The van der Waals surface area contributed by atoms with Gasteiger partial charge in [-0.2, -0.15) is 0 Å². The molecule has 0 saturated heterocycles. The van der Waals surface area contributed by atoms with Crippen LogP contribution in [0.4, 0.5) is 10.1 Å². The lowest BCUT2D eigenvalue weighted by atomic mass is 10.1. The number of ether oxygens (including phenoxy) is 1. The minimum atomic E-state index is -0.645. The quantitative estimate of drug-likeness (QED) is 0.638. The molecule has 2 aromatic rings. The molecule has 0 saturated carbocycles. The lowest BCUT2D eigenvalue weighted by Crippen LogP contribution is -2.28. The summed E-state index contributed by atoms with van der Waals surface area (Å²) in [5.74, 6) is -0.893. The van der Waals surface area contributed by atoms with E-state index in [0.717, 1.165) is 6.07 Å². The first-order chi connectivity index (χ1) is 11.4. The molecule has 0 radical (unpaired) electrons. The summed E-state index contributed by atoms with van der Waals surface area (Å²) in [5, 5.41) is 13.7. The first-order valence-corrected chi connectivity index (χ1v) is 7.33. The predicted octanol–water partition coefficient (Wildman–Crippen LogP) is 3.39. The average Bonchev–Trinajstić information content (AvgIpc) is 2.54. The minimum absolute atomic E-state index is 0.0547. The van der Waals surface area contributed by atoms with E-state index in [1.54, 1.807) is 19.1 Å². The van der Waals surface area contributed by atoms with Crippen molar-refractivity contribution in [2.75, 3.05) is 6.61 Å². The minimum Gasteiger partial charge on any atom is -0.477 e. The summed E-state index contributed by atoms with van der Waals surface area (Å²) >= 11 is 5.70. The number of hydrogen-bond donors (Lipinski definition) is 1. The van der Waals surface area contributed by atoms with E-state index in [4.69, 9.17) is 16.3 Å². The van der Waals surface area contributed by atoms with Crippen molar-refractivity contribution < 1.29 is 18.8 Å². The number of amides is 1. The first-order valence-electron chi connectivity index (χ1n) is 6.95. The molecule has 2 aromatic carbocycles. The van der Waals surface area contributed by atoms with Crippen LogP contribution in [-0.4, -0.2) is 17.4 Å². The van der Waals surface area contributed by atoms with Crippen molar-refractivity contribution in [2.45, 2.75) is 13.5 Å². The topological polar surface area (TPSA) is 81.5 Å². The molecule has 0 atom stereocenters. The van der Waals surface area contributed by atoms with Crippen molar-refractivity contribution in [1.82, 2.24) is 5.32 Å². The molecule has 2 rings (SSSR count). The standard InChI is InChI=1S/C16H14ClFN2O4/c1-10-2-3-11(6-13(10)18)8-19-16(21)9-24-15-5-4-12(17)7-14(15)20(22)23/h2-7H,8-9H2,1H3,(H,19,21). The summed E-state index contributed by atoms with van der Waals surface area (Å²) in [6.07, 6.45) is 0. The van der Waals surface area contributed by atoms with E-state index >= 15 is 0 Å². The number of carbonyl (C=O) groups is 1.